The van der Waals surface area contributed by atoms with E-state index in [2.05, 4.69) is 0 Å². The summed E-state index contributed by atoms with van der Waals surface area (Å²) in [6, 6.07) is 16.4. The monoisotopic (exact) mass is 309 g/mol. The van der Waals surface area contributed by atoms with Crippen LogP contribution in [0.5, 0.6) is 0 Å². The fourth-order valence-corrected chi connectivity index (χ4v) is 3.31. The lowest BCUT2D eigenvalue weighted by molar-refractivity contribution is 0.593. The molecule has 0 radical (unpaired) electrons. The quantitative estimate of drug-likeness (QED) is 0.794. The van der Waals surface area contributed by atoms with Crippen molar-refractivity contribution in [3.8, 4) is 0 Å². The molecule has 0 unspecified atom stereocenters. The van der Waals surface area contributed by atoms with E-state index in [1.165, 1.54) is 4.31 Å². The summed E-state index contributed by atoms with van der Waals surface area (Å²) in [5, 5.41) is 0. The summed E-state index contributed by atoms with van der Waals surface area (Å²) in [6.45, 7) is 0. The fraction of sp³-hybridized carbons (Fsp3) is 0.200. The van der Waals surface area contributed by atoms with Crippen molar-refractivity contribution in [3.05, 3.63) is 65.7 Å². The molecule has 0 bridgehead atoms. The zero-order valence-electron chi connectivity index (χ0n) is 11.2. The van der Waals surface area contributed by atoms with E-state index in [0.717, 1.165) is 11.1 Å². The third kappa shape index (κ3) is 3.52. The molecular weight excluding hydrogens is 294 g/mol. The minimum Gasteiger partial charge on any atom is -0.273 e. The van der Waals surface area contributed by atoms with Crippen LogP contribution in [0.15, 0.2) is 54.6 Å². The van der Waals surface area contributed by atoms with Gasteiger partial charge < -0.3 is 0 Å². The van der Waals surface area contributed by atoms with Crippen LogP contribution in [-0.2, 0) is 21.7 Å². The molecule has 0 aliphatic heterocycles. The molecule has 0 saturated carbocycles. The Morgan fingerprint density at radius 3 is 2.30 bits per heavy atom. The normalized spacial score (nSPS) is 11.3. The molecule has 2 rings (SSSR count). The Kier molecular flexibility index (Phi) is 4.68. The highest BCUT2D eigenvalue weighted by Gasteiger charge is 2.18. The zero-order chi connectivity index (χ0) is 14.6. The molecule has 0 saturated heterocycles. The van der Waals surface area contributed by atoms with E-state index in [1.54, 1.807) is 25.2 Å². The molecule has 0 amide bonds. The number of benzene rings is 2. The van der Waals surface area contributed by atoms with Crippen LogP contribution in [0.3, 0.4) is 0 Å². The van der Waals surface area contributed by atoms with Gasteiger partial charge in [0.2, 0.25) is 10.0 Å². The lowest BCUT2D eigenvalue weighted by Gasteiger charge is -2.19. The topological polar surface area (TPSA) is 37.4 Å². The second kappa shape index (κ2) is 6.29. The predicted molar refractivity (Wildman–Crippen MR) is 83.5 cm³/mol. The molecule has 0 heterocycles. The molecule has 20 heavy (non-hydrogen) atoms. The molecule has 0 atom stereocenters. The molecule has 2 aromatic rings. The smallest absolute Gasteiger partial charge is 0.239 e. The molecule has 0 spiro atoms. The Balaban J connectivity index is 2.22. The molecule has 0 aliphatic rings. The third-order valence-electron chi connectivity index (χ3n) is 3.03. The van der Waals surface area contributed by atoms with Crippen LogP contribution >= 0.6 is 11.6 Å². The minimum absolute atomic E-state index is 0.0386. The van der Waals surface area contributed by atoms with Gasteiger partial charge in [-0.25, -0.2) is 8.42 Å². The summed E-state index contributed by atoms with van der Waals surface area (Å²) < 4.78 is 26.1. The maximum absolute atomic E-state index is 12.4. The maximum Gasteiger partial charge on any atom is 0.239 e. The van der Waals surface area contributed by atoms with Crippen molar-refractivity contribution in [1.82, 2.24) is 0 Å². The second-order valence-corrected chi connectivity index (χ2v) is 6.78. The summed E-state index contributed by atoms with van der Waals surface area (Å²) in [7, 11) is -1.84. The zero-order valence-corrected chi connectivity index (χ0v) is 12.7. The van der Waals surface area contributed by atoms with Crippen LogP contribution in [0.25, 0.3) is 0 Å². The van der Waals surface area contributed by atoms with Crippen molar-refractivity contribution in [1.29, 1.82) is 0 Å². The van der Waals surface area contributed by atoms with Crippen LogP contribution in [0.2, 0.25) is 0 Å². The number of hydrogen-bond acceptors (Lipinski definition) is 2. The number of anilines is 1. The van der Waals surface area contributed by atoms with Crippen molar-refractivity contribution < 1.29 is 8.42 Å². The van der Waals surface area contributed by atoms with Gasteiger partial charge in [-0.3, -0.25) is 4.31 Å². The number of alkyl halides is 1. The maximum atomic E-state index is 12.4. The molecule has 5 heteroatoms. The van der Waals surface area contributed by atoms with Gasteiger partial charge in [0, 0.05) is 12.9 Å². The van der Waals surface area contributed by atoms with Crippen molar-refractivity contribution >= 4 is 27.3 Å². The summed E-state index contributed by atoms with van der Waals surface area (Å²) >= 11 is 5.77. The fourth-order valence-electron chi connectivity index (χ4n) is 1.91. The summed E-state index contributed by atoms with van der Waals surface area (Å²) in [6.07, 6.45) is 0. The minimum atomic E-state index is -3.40. The van der Waals surface area contributed by atoms with Crippen LogP contribution in [-0.4, -0.2) is 15.5 Å². The Morgan fingerprint density at radius 1 is 1.00 bits per heavy atom. The van der Waals surface area contributed by atoms with Gasteiger partial charge in [-0.05, 0) is 23.3 Å². The molecule has 3 nitrogen and oxygen atoms in total. The highest BCUT2D eigenvalue weighted by atomic mass is 35.5. The first-order chi connectivity index (χ1) is 9.53. The van der Waals surface area contributed by atoms with Crippen molar-refractivity contribution in [2.24, 2.45) is 0 Å². The van der Waals surface area contributed by atoms with Gasteiger partial charge in [-0.2, -0.15) is 0 Å². The first-order valence-electron chi connectivity index (χ1n) is 6.18. The van der Waals surface area contributed by atoms with Crippen LogP contribution < -0.4 is 4.31 Å². The summed E-state index contributed by atoms with van der Waals surface area (Å²) in [5.41, 5.74) is 2.31. The molecule has 106 valence electrons. The molecule has 0 fully saturated rings. The average molecular weight is 310 g/mol. The van der Waals surface area contributed by atoms with Gasteiger partial charge in [0.25, 0.3) is 0 Å². The van der Waals surface area contributed by atoms with Crippen molar-refractivity contribution in [2.75, 3.05) is 11.4 Å². The van der Waals surface area contributed by atoms with Gasteiger partial charge in [0.1, 0.15) is 0 Å². The Labute approximate surface area is 124 Å². The van der Waals surface area contributed by atoms with E-state index >= 15 is 0 Å². The van der Waals surface area contributed by atoms with E-state index in [-0.39, 0.29) is 5.75 Å². The van der Waals surface area contributed by atoms with E-state index in [9.17, 15) is 8.42 Å². The molecule has 0 N–H and O–H groups in total. The molecule has 0 aromatic heterocycles. The molecular formula is C15H16ClNO2S. The number of sulfonamides is 1. The highest BCUT2D eigenvalue weighted by molar-refractivity contribution is 7.92. The molecule has 0 aliphatic carbocycles. The predicted octanol–water partition coefficient (Wildman–Crippen LogP) is 3.39. The van der Waals surface area contributed by atoms with Crippen molar-refractivity contribution in [2.45, 2.75) is 11.6 Å². The van der Waals surface area contributed by atoms with Gasteiger partial charge >= 0.3 is 0 Å². The average Bonchev–Trinajstić information content (AvgIpc) is 2.47. The number of rotatable bonds is 5. The molecule has 2 aromatic carbocycles. The van der Waals surface area contributed by atoms with Gasteiger partial charge in [-0.1, -0.05) is 42.5 Å². The largest absolute Gasteiger partial charge is 0.273 e. The second-order valence-electron chi connectivity index (χ2n) is 4.51. The number of para-hydroxylation sites is 1. The van der Waals surface area contributed by atoms with E-state index in [0.29, 0.717) is 11.6 Å². The Bertz CT molecular complexity index is 671. The number of nitrogens with zero attached hydrogens (tertiary/aromatic N) is 1. The first-order valence-corrected chi connectivity index (χ1v) is 8.33. The van der Waals surface area contributed by atoms with Gasteiger partial charge in [0.15, 0.2) is 0 Å². The first kappa shape index (κ1) is 14.9. The Hall–Kier alpha value is -1.52. The summed E-state index contributed by atoms with van der Waals surface area (Å²) in [5.74, 6) is 0.339. The van der Waals surface area contributed by atoms with Crippen LogP contribution in [0.4, 0.5) is 5.69 Å². The lowest BCUT2D eigenvalue weighted by Crippen LogP contribution is -2.27. The van der Waals surface area contributed by atoms with Crippen LogP contribution in [0, 0.1) is 0 Å². The third-order valence-corrected chi connectivity index (χ3v) is 5.08. The van der Waals surface area contributed by atoms with Crippen molar-refractivity contribution in [3.63, 3.8) is 0 Å². The number of hydrogen-bond donors (Lipinski definition) is 0. The highest BCUT2D eigenvalue weighted by Crippen LogP contribution is 2.19. The number of halogens is 1. The van der Waals surface area contributed by atoms with E-state index in [1.807, 2.05) is 36.4 Å². The van der Waals surface area contributed by atoms with E-state index < -0.39 is 10.0 Å². The lowest BCUT2D eigenvalue weighted by atomic mass is 10.2. The standard InChI is InChI=1S/C15H16ClNO2S/c1-17(15-8-3-2-4-9-15)20(18,19)12-14-7-5-6-13(10-14)11-16/h2-10H,11-12H2,1H3. The van der Waals surface area contributed by atoms with Gasteiger partial charge in [-0.15, -0.1) is 11.6 Å². The SMILES string of the molecule is CN(c1ccccc1)S(=O)(=O)Cc1cccc(CCl)c1. The Morgan fingerprint density at radius 2 is 1.65 bits per heavy atom. The van der Waals surface area contributed by atoms with E-state index in [4.69, 9.17) is 11.6 Å². The summed E-state index contributed by atoms with van der Waals surface area (Å²) in [4.78, 5) is 0. The van der Waals surface area contributed by atoms with Crippen LogP contribution in [0.1, 0.15) is 11.1 Å². The van der Waals surface area contributed by atoms with Gasteiger partial charge in [0.05, 0.1) is 11.4 Å².